The van der Waals surface area contributed by atoms with E-state index < -0.39 is 5.92 Å². The maximum absolute atomic E-state index is 12.2. The molecule has 0 aromatic rings. The Labute approximate surface area is 116 Å². The Balaban J connectivity index is 2.42. The summed E-state index contributed by atoms with van der Waals surface area (Å²) in [5.41, 5.74) is -0.0432. The average molecular weight is 266 g/mol. The molecule has 2 rings (SSSR count). The molecule has 0 radical (unpaired) electrons. The Kier molecular flexibility index (Phi) is 3.53. The molecular weight excluding hydrogens is 240 g/mol. The van der Waals surface area contributed by atoms with Crippen molar-refractivity contribution < 1.29 is 14.3 Å². The molecule has 108 valence electrons. The maximum Gasteiger partial charge on any atom is 0.316 e. The van der Waals surface area contributed by atoms with Gasteiger partial charge in [0.25, 0.3) is 0 Å². The predicted octanol–water partition coefficient (Wildman–Crippen LogP) is 3.22. The van der Waals surface area contributed by atoms with E-state index in [1.54, 1.807) is 0 Å². The van der Waals surface area contributed by atoms with Crippen LogP contribution in [0.5, 0.6) is 0 Å². The molecule has 4 atom stereocenters. The fourth-order valence-corrected chi connectivity index (χ4v) is 4.63. The normalized spacial score (nSPS) is 41.5. The van der Waals surface area contributed by atoms with E-state index in [0.717, 1.165) is 19.3 Å². The van der Waals surface area contributed by atoms with E-state index >= 15 is 0 Å². The van der Waals surface area contributed by atoms with Crippen LogP contribution in [-0.2, 0) is 14.3 Å². The molecule has 2 fully saturated rings. The SMILES string of the molecule is COC(=O)C1C(=O)CCC2C(C)(C)C(C)CCC12C. The minimum absolute atomic E-state index is 0.0796. The zero-order valence-electron chi connectivity index (χ0n) is 12.8. The van der Waals surface area contributed by atoms with Crippen LogP contribution in [-0.4, -0.2) is 18.9 Å². The van der Waals surface area contributed by atoms with Gasteiger partial charge in [0.1, 0.15) is 11.7 Å². The minimum Gasteiger partial charge on any atom is -0.468 e. The van der Waals surface area contributed by atoms with Gasteiger partial charge in [-0.05, 0) is 41.9 Å². The van der Waals surface area contributed by atoms with Gasteiger partial charge in [-0.15, -0.1) is 0 Å². The van der Waals surface area contributed by atoms with Crippen molar-refractivity contribution in [3.8, 4) is 0 Å². The number of carbonyl (C=O) groups excluding carboxylic acids is 2. The lowest BCUT2D eigenvalue weighted by molar-refractivity contribution is -0.170. The van der Waals surface area contributed by atoms with Gasteiger partial charge in [-0.2, -0.15) is 0 Å². The number of carbonyl (C=O) groups is 2. The van der Waals surface area contributed by atoms with Gasteiger partial charge in [0.05, 0.1) is 7.11 Å². The van der Waals surface area contributed by atoms with Crippen molar-refractivity contribution in [2.45, 2.75) is 53.4 Å². The minimum atomic E-state index is -0.553. The first kappa shape index (κ1) is 14.5. The highest BCUT2D eigenvalue weighted by Gasteiger charge is 2.59. The number of esters is 1. The Morgan fingerprint density at radius 1 is 1.26 bits per heavy atom. The molecule has 19 heavy (non-hydrogen) atoms. The first-order valence-electron chi connectivity index (χ1n) is 7.35. The van der Waals surface area contributed by atoms with Crippen molar-refractivity contribution in [1.82, 2.24) is 0 Å². The smallest absolute Gasteiger partial charge is 0.316 e. The van der Waals surface area contributed by atoms with Crippen LogP contribution >= 0.6 is 0 Å². The van der Waals surface area contributed by atoms with E-state index in [1.807, 2.05) is 0 Å². The van der Waals surface area contributed by atoms with Crippen LogP contribution in [0.3, 0.4) is 0 Å². The van der Waals surface area contributed by atoms with Crippen molar-refractivity contribution in [1.29, 1.82) is 0 Å². The number of hydrogen-bond acceptors (Lipinski definition) is 3. The van der Waals surface area contributed by atoms with Crippen LogP contribution in [0.2, 0.25) is 0 Å². The lowest BCUT2D eigenvalue weighted by Crippen LogP contribution is -2.56. The molecule has 0 spiro atoms. The highest BCUT2D eigenvalue weighted by Crippen LogP contribution is 2.60. The zero-order valence-corrected chi connectivity index (χ0v) is 12.8. The van der Waals surface area contributed by atoms with Gasteiger partial charge >= 0.3 is 5.97 Å². The summed E-state index contributed by atoms with van der Waals surface area (Å²) < 4.78 is 4.91. The number of rotatable bonds is 1. The number of fused-ring (bicyclic) bond motifs is 1. The summed E-state index contributed by atoms with van der Waals surface area (Å²) in [7, 11) is 1.39. The molecule has 2 aliphatic rings. The van der Waals surface area contributed by atoms with Crippen molar-refractivity contribution >= 4 is 11.8 Å². The second-order valence-electron chi connectivity index (χ2n) is 7.28. The first-order valence-corrected chi connectivity index (χ1v) is 7.35. The van der Waals surface area contributed by atoms with Crippen molar-refractivity contribution in [2.75, 3.05) is 7.11 Å². The van der Waals surface area contributed by atoms with Crippen LogP contribution in [0.25, 0.3) is 0 Å². The Bertz CT molecular complexity index is 391. The van der Waals surface area contributed by atoms with Crippen LogP contribution in [0.1, 0.15) is 53.4 Å². The summed E-state index contributed by atoms with van der Waals surface area (Å²) in [6.07, 6.45) is 3.48. The Hall–Kier alpha value is -0.860. The molecule has 0 N–H and O–H groups in total. The second-order valence-corrected chi connectivity index (χ2v) is 7.28. The summed E-state index contributed by atoms with van der Waals surface area (Å²) in [5.74, 6) is 0.254. The summed E-state index contributed by atoms with van der Waals surface area (Å²) in [6, 6.07) is 0. The number of ketones is 1. The predicted molar refractivity (Wildman–Crippen MR) is 73.5 cm³/mol. The van der Waals surface area contributed by atoms with Crippen LogP contribution in [0.15, 0.2) is 0 Å². The number of hydrogen-bond donors (Lipinski definition) is 0. The van der Waals surface area contributed by atoms with Gasteiger partial charge in [0.2, 0.25) is 0 Å². The lowest BCUT2D eigenvalue weighted by Gasteiger charge is -2.58. The molecule has 0 aromatic heterocycles. The molecule has 0 saturated heterocycles. The van der Waals surface area contributed by atoms with Gasteiger partial charge in [-0.1, -0.05) is 27.7 Å². The molecule has 0 bridgehead atoms. The monoisotopic (exact) mass is 266 g/mol. The van der Waals surface area contributed by atoms with E-state index in [9.17, 15) is 9.59 Å². The quantitative estimate of drug-likeness (QED) is 0.540. The third-order valence-electron chi connectivity index (χ3n) is 6.18. The summed E-state index contributed by atoms with van der Waals surface area (Å²) in [6.45, 7) is 9.01. The van der Waals surface area contributed by atoms with Gasteiger partial charge in [-0.25, -0.2) is 0 Å². The molecule has 0 aromatic carbocycles. The van der Waals surface area contributed by atoms with Crippen molar-refractivity contribution in [3.05, 3.63) is 0 Å². The maximum atomic E-state index is 12.2. The molecule has 2 aliphatic carbocycles. The van der Waals surface area contributed by atoms with E-state index in [1.165, 1.54) is 7.11 Å². The second kappa shape index (κ2) is 4.60. The third kappa shape index (κ3) is 2.02. The number of ether oxygens (including phenoxy) is 1. The molecule has 0 aliphatic heterocycles. The van der Waals surface area contributed by atoms with Crippen LogP contribution < -0.4 is 0 Å². The Morgan fingerprint density at radius 2 is 1.89 bits per heavy atom. The lowest BCUT2D eigenvalue weighted by atomic mass is 9.46. The zero-order chi connectivity index (χ0) is 14.4. The highest BCUT2D eigenvalue weighted by molar-refractivity contribution is 6.00. The summed E-state index contributed by atoms with van der Waals surface area (Å²) in [4.78, 5) is 24.3. The van der Waals surface area contributed by atoms with E-state index in [2.05, 4.69) is 27.7 Å². The molecule has 3 nitrogen and oxygen atoms in total. The average Bonchev–Trinajstić information content (AvgIpc) is 2.33. The number of methoxy groups -OCH3 is 1. The van der Waals surface area contributed by atoms with Crippen LogP contribution in [0.4, 0.5) is 0 Å². The topological polar surface area (TPSA) is 43.4 Å². The van der Waals surface area contributed by atoms with Crippen molar-refractivity contribution in [3.63, 3.8) is 0 Å². The molecule has 4 unspecified atom stereocenters. The summed E-state index contributed by atoms with van der Waals surface area (Å²) in [5, 5.41) is 0. The first-order chi connectivity index (χ1) is 8.75. The number of Topliss-reactive ketones (excluding diaryl/α,β-unsaturated/α-hetero) is 1. The van der Waals surface area contributed by atoms with Gasteiger partial charge in [-0.3, -0.25) is 9.59 Å². The standard InChI is InChI=1S/C16H26O3/c1-10-8-9-16(4)12(15(10,2)3)7-6-11(17)13(16)14(18)19-5/h10,12-13H,6-9H2,1-5H3. The highest BCUT2D eigenvalue weighted by atomic mass is 16.5. The molecule has 3 heteroatoms. The van der Waals surface area contributed by atoms with Gasteiger partial charge in [0.15, 0.2) is 0 Å². The van der Waals surface area contributed by atoms with E-state index in [4.69, 9.17) is 4.74 Å². The molecule has 2 saturated carbocycles. The summed E-state index contributed by atoms with van der Waals surface area (Å²) >= 11 is 0. The van der Waals surface area contributed by atoms with Crippen molar-refractivity contribution in [2.24, 2.45) is 28.6 Å². The fourth-order valence-electron chi connectivity index (χ4n) is 4.63. The molecular formula is C16H26O3. The fraction of sp³-hybridized carbons (Fsp3) is 0.875. The van der Waals surface area contributed by atoms with Crippen LogP contribution in [0, 0.1) is 28.6 Å². The Morgan fingerprint density at radius 3 is 2.47 bits per heavy atom. The van der Waals surface area contributed by atoms with E-state index in [0.29, 0.717) is 18.3 Å². The molecule has 0 amide bonds. The van der Waals surface area contributed by atoms with Gasteiger partial charge in [0, 0.05) is 6.42 Å². The third-order valence-corrected chi connectivity index (χ3v) is 6.18. The molecule has 0 heterocycles. The van der Waals surface area contributed by atoms with E-state index in [-0.39, 0.29) is 22.6 Å². The van der Waals surface area contributed by atoms with Gasteiger partial charge < -0.3 is 4.74 Å². The largest absolute Gasteiger partial charge is 0.468 e.